The molecule has 58 heavy (non-hydrogen) atoms. The lowest BCUT2D eigenvalue weighted by Crippen LogP contribution is -1.93. The van der Waals surface area contributed by atoms with E-state index in [0.29, 0.717) is 0 Å². The topological polar surface area (TPSA) is 0 Å². The van der Waals surface area contributed by atoms with Crippen LogP contribution in [0, 0.1) is 0 Å². The van der Waals surface area contributed by atoms with Crippen LogP contribution in [-0.4, -0.2) is 0 Å². The molecule has 0 nitrogen and oxygen atoms in total. The summed E-state index contributed by atoms with van der Waals surface area (Å²) in [6, 6.07) is 72.5. The van der Waals surface area contributed by atoms with Gasteiger partial charge in [-0.15, -0.1) is 22.7 Å². The van der Waals surface area contributed by atoms with E-state index in [4.69, 9.17) is 0 Å². The standard InChI is InChI=1S/C56H32S2/c1-3-17-35-33(14-1)16-13-26-40(35)51-41-22-7-9-24-43(41)52(44-25-10-8-23-42(44)51)45-29-30-46(38-20-6-5-19-37(38)45)54-55-47(39-21-11-12-27-49(39)57-55)32-48-53-36-18-4-2-15-34(36)28-31-50(53)58-56(48)54/h1-32H. The highest BCUT2D eigenvalue weighted by molar-refractivity contribution is 7.29. The first-order valence-electron chi connectivity index (χ1n) is 19.9. The van der Waals surface area contributed by atoms with Crippen molar-refractivity contribution in [3.63, 3.8) is 0 Å². The Morgan fingerprint density at radius 1 is 0.241 bits per heavy atom. The lowest BCUT2D eigenvalue weighted by Gasteiger charge is -2.20. The van der Waals surface area contributed by atoms with Gasteiger partial charge in [-0.25, -0.2) is 0 Å². The molecule has 0 aliphatic carbocycles. The highest BCUT2D eigenvalue weighted by atomic mass is 32.1. The molecule has 0 saturated carbocycles. The summed E-state index contributed by atoms with van der Waals surface area (Å²) in [6.45, 7) is 0. The number of fused-ring (bicyclic) bond motifs is 12. The Morgan fingerprint density at radius 2 is 0.690 bits per heavy atom. The quantitative estimate of drug-likeness (QED) is 0.157. The maximum absolute atomic E-state index is 2.49. The predicted molar refractivity (Wildman–Crippen MR) is 256 cm³/mol. The molecule has 268 valence electrons. The average molecular weight is 769 g/mol. The van der Waals surface area contributed by atoms with Crippen LogP contribution in [0.1, 0.15) is 0 Å². The molecule has 0 atom stereocenters. The number of thiophene rings is 2. The van der Waals surface area contributed by atoms with Crippen molar-refractivity contribution in [3.05, 3.63) is 194 Å². The van der Waals surface area contributed by atoms with Gasteiger partial charge >= 0.3 is 0 Å². The molecule has 0 N–H and O–H groups in total. The Labute approximate surface area is 342 Å². The van der Waals surface area contributed by atoms with Crippen molar-refractivity contribution in [3.8, 4) is 33.4 Å². The number of benzene rings is 11. The summed E-state index contributed by atoms with van der Waals surface area (Å²) in [6.07, 6.45) is 0. The molecular formula is C56H32S2. The molecule has 0 fully saturated rings. The fraction of sp³-hybridized carbons (Fsp3) is 0. The molecular weight excluding hydrogens is 737 g/mol. The second-order valence-corrected chi connectivity index (χ2v) is 17.5. The van der Waals surface area contributed by atoms with Gasteiger partial charge in [-0.2, -0.15) is 0 Å². The summed E-state index contributed by atoms with van der Waals surface area (Å²) in [7, 11) is 0. The van der Waals surface area contributed by atoms with Crippen molar-refractivity contribution < 1.29 is 0 Å². The van der Waals surface area contributed by atoms with Gasteiger partial charge in [0.15, 0.2) is 0 Å². The molecule has 0 bridgehead atoms. The van der Waals surface area contributed by atoms with Gasteiger partial charge in [0.1, 0.15) is 0 Å². The van der Waals surface area contributed by atoms with Crippen LogP contribution >= 0.6 is 22.7 Å². The highest BCUT2D eigenvalue weighted by Crippen LogP contribution is 2.53. The Kier molecular flexibility index (Phi) is 6.86. The van der Waals surface area contributed by atoms with Crippen molar-refractivity contribution in [2.24, 2.45) is 0 Å². The summed E-state index contributed by atoms with van der Waals surface area (Å²) in [5.74, 6) is 0. The molecule has 11 aromatic carbocycles. The van der Waals surface area contributed by atoms with Crippen LogP contribution in [0.5, 0.6) is 0 Å². The van der Waals surface area contributed by atoms with Gasteiger partial charge in [0.25, 0.3) is 0 Å². The molecule has 13 rings (SSSR count). The molecule has 0 unspecified atom stereocenters. The van der Waals surface area contributed by atoms with Crippen molar-refractivity contribution in [2.75, 3.05) is 0 Å². The molecule has 0 radical (unpaired) electrons. The van der Waals surface area contributed by atoms with E-state index in [9.17, 15) is 0 Å². The van der Waals surface area contributed by atoms with E-state index in [1.54, 1.807) is 0 Å². The smallest absolute Gasteiger partial charge is 0.0448 e. The van der Waals surface area contributed by atoms with Crippen molar-refractivity contribution >= 4 is 117 Å². The maximum atomic E-state index is 2.49. The third-order valence-electron chi connectivity index (χ3n) is 12.4. The van der Waals surface area contributed by atoms with Crippen molar-refractivity contribution in [1.29, 1.82) is 0 Å². The maximum Gasteiger partial charge on any atom is 0.0448 e. The van der Waals surface area contributed by atoms with E-state index in [0.717, 1.165) is 0 Å². The van der Waals surface area contributed by atoms with Crippen LogP contribution in [0.4, 0.5) is 0 Å². The predicted octanol–water partition coefficient (Wildman–Crippen LogP) is 17.2. The fourth-order valence-corrected chi connectivity index (χ4v) is 12.6. The van der Waals surface area contributed by atoms with Gasteiger partial charge < -0.3 is 0 Å². The Hall–Kier alpha value is -6.84. The van der Waals surface area contributed by atoms with E-state index in [-0.39, 0.29) is 0 Å². The zero-order valence-electron chi connectivity index (χ0n) is 31.3. The minimum Gasteiger partial charge on any atom is -0.134 e. The number of hydrogen-bond donors (Lipinski definition) is 0. The molecule has 0 spiro atoms. The largest absolute Gasteiger partial charge is 0.134 e. The third kappa shape index (κ3) is 4.50. The van der Waals surface area contributed by atoms with Gasteiger partial charge in [-0.05, 0) is 99.9 Å². The first-order chi connectivity index (χ1) is 28.8. The van der Waals surface area contributed by atoms with Gasteiger partial charge in [0, 0.05) is 45.9 Å². The monoisotopic (exact) mass is 768 g/mol. The Morgan fingerprint density at radius 3 is 1.34 bits per heavy atom. The lowest BCUT2D eigenvalue weighted by molar-refractivity contribution is 1.68. The summed E-state index contributed by atoms with van der Waals surface area (Å²) >= 11 is 3.87. The van der Waals surface area contributed by atoms with E-state index in [1.165, 1.54) is 128 Å². The lowest BCUT2D eigenvalue weighted by atomic mass is 9.83. The van der Waals surface area contributed by atoms with Crippen LogP contribution in [0.25, 0.3) is 128 Å². The normalized spacial score (nSPS) is 12.1. The highest BCUT2D eigenvalue weighted by Gasteiger charge is 2.23. The van der Waals surface area contributed by atoms with E-state index >= 15 is 0 Å². The minimum absolute atomic E-state index is 1.26. The first-order valence-corrected chi connectivity index (χ1v) is 21.6. The molecule has 13 aromatic rings. The molecule has 0 aliphatic heterocycles. The van der Waals surface area contributed by atoms with Crippen molar-refractivity contribution in [1.82, 2.24) is 0 Å². The van der Waals surface area contributed by atoms with E-state index < -0.39 is 0 Å². The van der Waals surface area contributed by atoms with Crippen LogP contribution in [0.15, 0.2) is 194 Å². The molecule has 2 heteroatoms. The second-order valence-electron chi connectivity index (χ2n) is 15.4. The Bertz CT molecular complexity index is 3800. The van der Waals surface area contributed by atoms with Gasteiger partial charge in [0.05, 0.1) is 0 Å². The zero-order chi connectivity index (χ0) is 37.9. The molecule has 2 aromatic heterocycles. The average Bonchev–Trinajstić information content (AvgIpc) is 3.85. The summed E-state index contributed by atoms with van der Waals surface area (Å²) in [5.41, 5.74) is 7.76. The van der Waals surface area contributed by atoms with E-state index in [2.05, 4.69) is 194 Å². The van der Waals surface area contributed by atoms with Crippen LogP contribution in [0.3, 0.4) is 0 Å². The van der Waals surface area contributed by atoms with Gasteiger partial charge in [-0.1, -0.05) is 176 Å². The third-order valence-corrected chi connectivity index (χ3v) is 14.8. The number of hydrogen-bond acceptors (Lipinski definition) is 2. The van der Waals surface area contributed by atoms with E-state index in [1.807, 2.05) is 22.7 Å². The fourth-order valence-electron chi connectivity index (χ4n) is 9.99. The van der Waals surface area contributed by atoms with Gasteiger partial charge in [-0.3, -0.25) is 0 Å². The summed E-state index contributed by atoms with van der Waals surface area (Å²) < 4.78 is 5.38. The molecule has 0 aliphatic rings. The van der Waals surface area contributed by atoms with Gasteiger partial charge in [0.2, 0.25) is 0 Å². The zero-order valence-corrected chi connectivity index (χ0v) is 32.9. The van der Waals surface area contributed by atoms with Crippen molar-refractivity contribution in [2.45, 2.75) is 0 Å². The van der Waals surface area contributed by atoms with Crippen LogP contribution in [0.2, 0.25) is 0 Å². The molecule has 2 heterocycles. The summed E-state index contributed by atoms with van der Waals surface area (Å²) in [4.78, 5) is 0. The van der Waals surface area contributed by atoms with Crippen LogP contribution < -0.4 is 0 Å². The minimum atomic E-state index is 1.26. The summed E-state index contributed by atoms with van der Waals surface area (Å²) in [5, 5.41) is 18.1. The SMILES string of the molecule is c1ccc2c(-c3c4ccccc4c(-c4ccc(-c5c6sc7ccccc7c6cc6c5sc5ccc7ccccc7c56)c5ccccc45)c4ccccc34)cccc2c1. The molecule has 0 saturated heterocycles. The molecule has 0 amide bonds. The first kappa shape index (κ1) is 32.3. The Balaban J connectivity index is 1.15. The second kappa shape index (κ2) is 12.3. The van der Waals surface area contributed by atoms with Crippen LogP contribution in [-0.2, 0) is 0 Å². The number of rotatable bonds is 3.